The fourth-order valence-electron chi connectivity index (χ4n) is 3.05. The lowest BCUT2D eigenvalue weighted by atomic mass is 10.00. The summed E-state index contributed by atoms with van der Waals surface area (Å²) in [4.78, 5) is 15.4. The minimum absolute atomic E-state index is 0.769. The first-order chi connectivity index (χ1) is 8.75. The normalized spacial score (nSPS) is 24.7. The smallest absolute Gasteiger partial charge is 0.328 e. The summed E-state index contributed by atoms with van der Waals surface area (Å²) >= 11 is 0. The van der Waals surface area contributed by atoms with Gasteiger partial charge >= 0.3 is 5.97 Å². The first kappa shape index (κ1) is 13.6. The summed E-state index contributed by atoms with van der Waals surface area (Å²) in [6.07, 6.45) is 9.60. The van der Waals surface area contributed by atoms with Crippen LogP contribution in [0.4, 0.5) is 0 Å². The van der Waals surface area contributed by atoms with Gasteiger partial charge in [-0.3, -0.25) is 4.90 Å². The highest BCUT2D eigenvalue weighted by Gasteiger charge is 2.24. The van der Waals surface area contributed by atoms with E-state index in [0.717, 1.165) is 25.7 Å². The van der Waals surface area contributed by atoms with Crippen LogP contribution in [0.3, 0.4) is 0 Å². The van der Waals surface area contributed by atoms with E-state index in [-0.39, 0.29) is 0 Å². The van der Waals surface area contributed by atoms with Crippen molar-refractivity contribution < 1.29 is 9.90 Å². The van der Waals surface area contributed by atoms with Crippen molar-refractivity contribution in [3.05, 3.63) is 12.2 Å². The van der Waals surface area contributed by atoms with Crippen molar-refractivity contribution in [2.75, 3.05) is 32.7 Å². The van der Waals surface area contributed by atoms with Crippen LogP contribution in [0.25, 0.3) is 0 Å². The predicted octanol–water partition coefficient (Wildman–Crippen LogP) is 1.58. The van der Waals surface area contributed by atoms with Gasteiger partial charge in [0.15, 0.2) is 0 Å². The number of rotatable bonds is 4. The Morgan fingerprint density at radius 3 is 2.39 bits per heavy atom. The quantitative estimate of drug-likeness (QED) is 0.772. The van der Waals surface area contributed by atoms with E-state index in [9.17, 15) is 4.79 Å². The molecule has 0 saturated carbocycles. The van der Waals surface area contributed by atoms with E-state index < -0.39 is 5.97 Å². The van der Waals surface area contributed by atoms with Gasteiger partial charge in [0.2, 0.25) is 0 Å². The van der Waals surface area contributed by atoms with Crippen molar-refractivity contribution in [3.8, 4) is 0 Å². The minimum atomic E-state index is -0.849. The van der Waals surface area contributed by atoms with E-state index in [1.165, 1.54) is 51.3 Å². The predicted molar refractivity (Wildman–Crippen MR) is 71.7 cm³/mol. The molecular weight excluding hydrogens is 228 g/mol. The number of aliphatic carboxylic acids is 1. The van der Waals surface area contributed by atoms with Gasteiger partial charge in [0.05, 0.1) is 0 Å². The van der Waals surface area contributed by atoms with Crippen LogP contribution in [0, 0.1) is 0 Å². The molecule has 0 bridgehead atoms. The average molecular weight is 252 g/mol. The lowest BCUT2D eigenvalue weighted by Crippen LogP contribution is -2.46. The molecule has 0 spiro atoms. The fourth-order valence-corrected chi connectivity index (χ4v) is 3.05. The van der Waals surface area contributed by atoms with Gasteiger partial charge in [-0.1, -0.05) is 12.5 Å². The van der Waals surface area contributed by atoms with Gasteiger partial charge in [0.25, 0.3) is 0 Å². The molecular formula is C14H24N2O2. The molecule has 1 N–H and O–H groups in total. The Bertz CT molecular complexity index is 290. The zero-order valence-corrected chi connectivity index (χ0v) is 11.1. The molecule has 2 rings (SSSR count). The Balaban J connectivity index is 1.69. The topological polar surface area (TPSA) is 43.8 Å². The number of nitrogens with zero attached hydrogens (tertiary/aromatic N) is 2. The molecule has 0 atom stereocenters. The molecule has 0 amide bonds. The maximum Gasteiger partial charge on any atom is 0.328 e. The lowest BCUT2D eigenvalue weighted by molar-refractivity contribution is -0.131. The second-order valence-electron chi connectivity index (χ2n) is 5.37. The van der Waals surface area contributed by atoms with Gasteiger partial charge in [0.1, 0.15) is 0 Å². The van der Waals surface area contributed by atoms with E-state index in [0.29, 0.717) is 0 Å². The highest BCUT2D eigenvalue weighted by Crippen LogP contribution is 2.20. The molecule has 4 heteroatoms. The standard InChI is InChI=1S/C14H24N2O2/c17-14(18)5-4-8-15-11-6-13(7-12-15)16-9-2-1-3-10-16/h4-5,13H,1-3,6-12H2,(H,17,18). The zero-order chi connectivity index (χ0) is 12.8. The van der Waals surface area contributed by atoms with E-state index in [1.54, 1.807) is 6.08 Å². The van der Waals surface area contributed by atoms with E-state index >= 15 is 0 Å². The number of carbonyl (C=O) groups is 1. The van der Waals surface area contributed by atoms with Gasteiger partial charge in [-0.05, 0) is 51.9 Å². The second kappa shape index (κ2) is 6.90. The Labute approximate surface area is 109 Å². The molecule has 0 radical (unpaired) electrons. The van der Waals surface area contributed by atoms with Crippen LogP contribution in [-0.4, -0.2) is 59.6 Å². The molecule has 0 aromatic carbocycles. The molecule has 18 heavy (non-hydrogen) atoms. The highest BCUT2D eigenvalue weighted by molar-refractivity contribution is 5.79. The van der Waals surface area contributed by atoms with Crippen LogP contribution in [0.5, 0.6) is 0 Å². The Morgan fingerprint density at radius 1 is 1.11 bits per heavy atom. The van der Waals surface area contributed by atoms with Crippen LogP contribution in [0.2, 0.25) is 0 Å². The lowest BCUT2D eigenvalue weighted by Gasteiger charge is -2.40. The molecule has 0 unspecified atom stereocenters. The summed E-state index contributed by atoms with van der Waals surface area (Å²) in [6.45, 7) is 5.54. The maximum atomic E-state index is 10.4. The zero-order valence-electron chi connectivity index (χ0n) is 11.1. The summed E-state index contributed by atoms with van der Waals surface area (Å²) in [5, 5.41) is 8.54. The number of hydrogen-bond donors (Lipinski definition) is 1. The van der Waals surface area contributed by atoms with E-state index in [4.69, 9.17) is 5.11 Å². The molecule has 102 valence electrons. The van der Waals surface area contributed by atoms with E-state index in [2.05, 4.69) is 9.80 Å². The summed E-state index contributed by atoms with van der Waals surface area (Å²) in [5.74, 6) is -0.849. The number of piperidine rings is 2. The summed E-state index contributed by atoms with van der Waals surface area (Å²) in [7, 11) is 0. The number of likely N-dealkylation sites (tertiary alicyclic amines) is 2. The van der Waals surface area contributed by atoms with Gasteiger partial charge in [-0.2, -0.15) is 0 Å². The molecule has 2 fully saturated rings. The third kappa shape index (κ3) is 4.10. The second-order valence-corrected chi connectivity index (χ2v) is 5.37. The maximum absolute atomic E-state index is 10.4. The van der Waals surface area contributed by atoms with Crippen molar-refractivity contribution in [1.82, 2.24) is 9.80 Å². The van der Waals surface area contributed by atoms with Crippen molar-refractivity contribution in [2.45, 2.75) is 38.1 Å². The molecule has 0 aromatic heterocycles. The largest absolute Gasteiger partial charge is 0.478 e. The van der Waals surface area contributed by atoms with Crippen molar-refractivity contribution in [3.63, 3.8) is 0 Å². The van der Waals surface area contributed by atoms with Crippen LogP contribution >= 0.6 is 0 Å². The fraction of sp³-hybridized carbons (Fsp3) is 0.786. The summed E-state index contributed by atoms with van der Waals surface area (Å²) in [6, 6.07) is 0.769. The van der Waals surface area contributed by atoms with Crippen molar-refractivity contribution in [1.29, 1.82) is 0 Å². The Morgan fingerprint density at radius 2 is 1.78 bits per heavy atom. The molecule has 4 nitrogen and oxygen atoms in total. The third-order valence-electron chi connectivity index (χ3n) is 4.09. The van der Waals surface area contributed by atoms with Crippen molar-refractivity contribution in [2.24, 2.45) is 0 Å². The first-order valence-electron chi connectivity index (χ1n) is 7.11. The molecule has 0 aromatic rings. The molecule has 2 saturated heterocycles. The van der Waals surface area contributed by atoms with Crippen LogP contribution in [0.15, 0.2) is 12.2 Å². The molecule has 2 heterocycles. The average Bonchev–Trinajstić information content (AvgIpc) is 2.40. The Kier molecular flexibility index (Phi) is 5.20. The van der Waals surface area contributed by atoms with Gasteiger partial charge in [-0.15, -0.1) is 0 Å². The van der Waals surface area contributed by atoms with Crippen LogP contribution < -0.4 is 0 Å². The molecule has 0 aliphatic carbocycles. The summed E-state index contributed by atoms with van der Waals surface area (Å²) in [5.41, 5.74) is 0. The number of hydrogen-bond acceptors (Lipinski definition) is 3. The van der Waals surface area contributed by atoms with Gasteiger partial charge in [0, 0.05) is 18.7 Å². The third-order valence-corrected chi connectivity index (χ3v) is 4.09. The first-order valence-corrected chi connectivity index (χ1v) is 7.11. The van der Waals surface area contributed by atoms with Gasteiger partial charge < -0.3 is 10.0 Å². The summed E-state index contributed by atoms with van der Waals surface area (Å²) < 4.78 is 0. The van der Waals surface area contributed by atoms with E-state index in [1.807, 2.05) is 0 Å². The van der Waals surface area contributed by atoms with Crippen LogP contribution in [0.1, 0.15) is 32.1 Å². The highest BCUT2D eigenvalue weighted by atomic mass is 16.4. The molecule has 2 aliphatic heterocycles. The van der Waals surface area contributed by atoms with Crippen molar-refractivity contribution >= 4 is 5.97 Å². The minimum Gasteiger partial charge on any atom is -0.478 e. The van der Waals surface area contributed by atoms with Crippen LogP contribution in [-0.2, 0) is 4.79 Å². The molecule has 2 aliphatic rings. The Hall–Kier alpha value is -0.870. The number of carboxylic acids is 1. The SMILES string of the molecule is O=C(O)C=CCN1CCC(N2CCCCC2)CC1. The van der Waals surface area contributed by atoms with Gasteiger partial charge in [-0.25, -0.2) is 4.79 Å². The monoisotopic (exact) mass is 252 g/mol. The number of carboxylic acid groups (broad SMARTS) is 1.